The van der Waals surface area contributed by atoms with Gasteiger partial charge in [-0.3, -0.25) is 9.59 Å². The van der Waals surface area contributed by atoms with Crippen LogP contribution >= 0.6 is 0 Å². The van der Waals surface area contributed by atoms with E-state index in [4.69, 9.17) is 5.73 Å². The van der Waals surface area contributed by atoms with Crippen molar-refractivity contribution in [3.05, 3.63) is 24.3 Å². The van der Waals surface area contributed by atoms with Crippen molar-refractivity contribution in [2.75, 3.05) is 48.8 Å². The molecule has 0 radical (unpaired) electrons. The van der Waals surface area contributed by atoms with Crippen LogP contribution < -0.4 is 15.5 Å². The third kappa shape index (κ3) is 3.62. The number of anilines is 2. The number of nitrogens with zero attached hydrogens (tertiary/aromatic N) is 3. The number of hydrogen-bond acceptors (Lipinski definition) is 5. The quantitative estimate of drug-likeness (QED) is 0.781. The minimum absolute atomic E-state index is 0.119. The summed E-state index contributed by atoms with van der Waals surface area (Å²) in [5.41, 5.74) is 6.96. The number of para-hydroxylation sites is 2. The minimum Gasteiger partial charge on any atom is -0.369 e. The van der Waals surface area contributed by atoms with Gasteiger partial charge in [-0.05, 0) is 12.1 Å². The van der Waals surface area contributed by atoms with Crippen LogP contribution in [0, 0.1) is 5.92 Å². The van der Waals surface area contributed by atoms with E-state index < -0.39 is 21.8 Å². The highest BCUT2D eigenvalue weighted by atomic mass is 32.2. The molecule has 2 aliphatic rings. The lowest BCUT2D eigenvalue weighted by Gasteiger charge is -2.36. The normalized spacial score (nSPS) is 22.4. The Bertz CT molecular complexity index is 787. The molecule has 25 heavy (non-hydrogen) atoms. The van der Waals surface area contributed by atoms with Crippen LogP contribution in [0.3, 0.4) is 0 Å². The molecule has 2 saturated heterocycles. The van der Waals surface area contributed by atoms with Crippen molar-refractivity contribution in [3.63, 3.8) is 0 Å². The summed E-state index contributed by atoms with van der Waals surface area (Å²) in [6, 6.07) is 7.49. The summed E-state index contributed by atoms with van der Waals surface area (Å²) in [7, 11) is -3.19. The second-order valence-electron chi connectivity index (χ2n) is 6.45. The molecule has 2 aliphatic heterocycles. The Labute approximate surface area is 147 Å². The number of nitrogens with two attached hydrogens (primary N) is 1. The number of benzene rings is 1. The van der Waals surface area contributed by atoms with E-state index in [1.54, 1.807) is 4.90 Å². The smallest absolute Gasteiger partial charge is 0.227 e. The summed E-state index contributed by atoms with van der Waals surface area (Å²) >= 11 is 0. The van der Waals surface area contributed by atoms with Crippen LogP contribution in [0.15, 0.2) is 24.3 Å². The highest BCUT2D eigenvalue weighted by Crippen LogP contribution is 2.34. The highest BCUT2D eigenvalue weighted by Gasteiger charge is 2.35. The van der Waals surface area contributed by atoms with Gasteiger partial charge in [-0.25, -0.2) is 8.42 Å². The van der Waals surface area contributed by atoms with E-state index in [0.717, 1.165) is 11.4 Å². The SMILES string of the molecule is CS(=O)(=O)N1CCN(c2ccccc2N2CC(C(N)=O)CC2=O)CC1. The molecule has 136 valence electrons. The molecule has 0 bridgehead atoms. The van der Waals surface area contributed by atoms with Crippen LogP contribution in [0.25, 0.3) is 0 Å². The number of piperazine rings is 1. The van der Waals surface area contributed by atoms with Crippen molar-refractivity contribution < 1.29 is 18.0 Å². The van der Waals surface area contributed by atoms with E-state index in [0.29, 0.717) is 26.2 Å². The van der Waals surface area contributed by atoms with Gasteiger partial charge in [0, 0.05) is 39.1 Å². The maximum Gasteiger partial charge on any atom is 0.227 e. The molecule has 2 amide bonds. The van der Waals surface area contributed by atoms with Gasteiger partial charge in [-0.2, -0.15) is 4.31 Å². The fraction of sp³-hybridized carbons (Fsp3) is 0.500. The largest absolute Gasteiger partial charge is 0.369 e. The average Bonchev–Trinajstić information content (AvgIpc) is 2.96. The maximum absolute atomic E-state index is 12.3. The molecule has 1 aromatic carbocycles. The fourth-order valence-corrected chi connectivity index (χ4v) is 4.18. The van der Waals surface area contributed by atoms with Crippen LogP contribution in [0.1, 0.15) is 6.42 Å². The molecule has 1 unspecified atom stereocenters. The van der Waals surface area contributed by atoms with Gasteiger partial charge in [-0.15, -0.1) is 0 Å². The highest BCUT2D eigenvalue weighted by molar-refractivity contribution is 7.88. The molecule has 0 spiro atoms. The number of amides is 2. The van der Waals surface area contributed by atoms with Gasteiger partial charge in [0.05, 0.1) is 23.5 Å². The van der Waals surface area contributed by atoms with Gasteiger partial charge in [0.2, 0.25) is 21.8 Å². The van der Waals surface area contributed by atoms with E-state index in [9.17, 15) is 18.0 Å². The Balaban J connectivity index is 1.81. The van der Waals surface area contributed by atoms with Crippen molar-refractivity contribution in [2.24, 2.45) is 11.7 Å². The van der Waals surface area contributed by atoms with Crippen LogP contribution in [0.2, 0.25) is 0 Å². The Kier molecular flexibility index (Phi) is 4.70. The first kappa shape index (κ1) is 17.7. The summed E-state index contributed by atoms with van der Waals surface area (Å²) in [6.45, 7) is 2.20. The van der Waals surface area contributed by atoms with Gasteiger partial charge < -0.3 is 15.5 Å². The topological polar surface area (TPSA) is 104 Å². The molecule has 0 aromatic heterocycles. The minimum atomic E-state index is -3.19. The number of primary amides is 1. The first-order valence-electron chi connectivity index (χ1n) is 8.16. The zero-order valence-electron chi connectivity index (χ0n) is 14.1. The Morgan fingerprint density at radius 3 is 2.24 bits per heavy atom. The molecule has 0 saturated carbocycles. The van der Waals surface area contributed by atoms with Crippen molar-refractivity contribution >= 4 is 33.2 Å². The van der Waals surface area contributed by atoms with Crippen molar-refractivity contribution in [1.82, 2.24) is 4.31 Å². The van der Waals surface area contributed by atoms with Crippen molar-refractivity contribution in [1.29, 1.82) is 0 Å². The zero-order valence-corrected chi connectivity index (χ0v) is 14.9. The summed E-state index contributed by atoms with van der Waals surface area (Å²) < 4.78 is 24.8. The lowest BCUT2D eigenvalue weighted by molar-refractivity contribution is -0.123. The maximum atomic E-state index is 12.3. The first-order valence-corrected chi connectivity index (χ1v) is 10.0. The number of carbonyl (C=O) groups excluding carboxylic acids is 2. The number of carbonyl (C=O) groups is 2. The van der Waals surface area contributed by atoms with Crippen LogP contribution in [-0.2, 0) is 19.6 Å². The number of sulfonamides is 1. The van der Waals surface area contributed by atoms with Crippen LogP contribution in [0.5, 0.6) is 0 Å². The van der Waals surface area contributed by atoms with Gasteiger partial charge in [0.25, 0.3) is 0 Å². The average molecular weight is 366 g/mol. The van der Waals surface area contributed by atoms with E-state index in [1.165, 1.54) is 10.6 Å². The third-order valence-corrected chi connectivity index (χ3v) is 6.05. The Morgan fingerprint density at radius 1 is 1.12 bits per heavy atom. The summed E-state index contributed by atoms with van der Waals surface area (Å²) in [5.74, 6) is -1.05. The first-order chi connectivity index (χ1) is 11.8. The lowest BCUT2D eigenvalue weighted by atomic mass is 10.1. The molecular weight excluding hydrogens is 344 g/mol. The molecule has 2 heterocycles. The number of hydrogen-bond donors (Lipinski definition) is 1. The molecule has 1 aromatic rings. The Morgan fingerprint density at radius 2 is 1.72 bits per heavy atom. The predicted molar refractivity (Wildman–Crippen MR) is 94.7 cm³/mol. The van der Waals surface area contributed by atoms with E-state index >= 15 is 0 Å². The molecule has 2 fully saturated rings. The molecule has 1 atom stereocenters. The molecular formula is C16H22N4O4S. The standard InChI is InChI=1S/C16H22N4O4S/c1-25(23,24)19-8-6-18(7-9-19)13-4-2-3-5-14(13)20-11-12(16(17)22)10-15(20)21/h2-5,12H,6-11H2,1H3,(H2,17,22). The predicted octanol–water partition coefficient (Wildman–Crippen LogP) is -0.394. The lowest BCUT2D eigenvalue weighted by Crippen LogP contribution is -2.48. The second-order valence-corrected chi connectivity index (χ2v) is 8.43. The monoisotopic (exact) mass is 366 g/mol. The number of rotatable bonds is 4. The Hall–Kier alpha value is -2.13. The molecule has 9 heteroatoms. The van der Waals surface area contributed by atoms with E-state index in [-0.39, 0.29) is 18.9 Å². The third-order valence-electron chi connectivity index (χ3n) is 4.75. The molecule has 2 N–H and O–H groups in total. The van der Waals surface area contributed by atoms with Crippen LogP contribution in [-0.4, -0.2) is 63.5 Å². The molecule has 8 nitrogen and oxygen atoms in total. The van der Waals surface area contributed by atoms with Gasteiger partial charge in [0.1, 0.15) is 0 Å². The second kappa shape index (κ2) is 6.64. The zero-order chi connectivity index (χ0) is 18.2. The van der Waals surface area contributed by atoms with Crippen molar-refractivity contribution in [3.8, 4) is 0 Å². The van der Waals surface area contributed by atoms with Gasteiger partial charge >= 0.3 is 0 Å². The summed E-state index contributed by atoms with van der Waals surface area (Å²) in [4.78, 5) is 27.4. The van der Waals surface area contributed by atoms with E-state index in [1.807, 2.05) is 24.3 Å². The van der Waals surface area contributed by atoms with Crippen molar-refractivity contribution in [2.45, 2.75) is 6.42 Å². The summed E-state index contributed by atoms with van der Waals surface area (Å²) in [6.07, 6.45) is 1.34. The van der Waals surface area contributed by atoms with Gasteiger partial charge in [0.15, 0.2) is 0 Å². The van der Waals surface area contributed by atoms with Crippen LogP contribution in [0.4, 0.5) is 11.4 Å². The summed E-state index contributed by atoms with van der Waals surface area (Å²) in [5, 5.41) is 0. The fourth-order valence-electron chi connectivity index (χ4n) is 3.35. The van der Waals surface area contributed by atoms with Gasteiger partial charge in [-0.1, -0.05) is 12.1 Å². The molecule has 3 rings (SSSR count). The van der Waals surface area contributed by atoms with E-state index in [2.05, 4.69) is 4.90 Å². The molecule has 0 aliphatic carbocycles.